The topological polar surface area (TPSA) is 9.23 Å². The predicted octanol–water partition coefficient (Wildman–Crippen LogP) is -3.43. The molecule has 1 atom stereocenters. The summed E-state index contributed by atoms with van der Waals surface area (Å²) in [5.41, 5.74) is 1.40. The average molecular weight is 270 g/mol. The zero-order valence-electron chi connectivity index (χ0n) is 8.52. The van der Waals surface area contributed by atoms with E-state index in [1.165, 1.54) is 9.45 Å². The predicted molar refractivity (Wildman–Crippen MR) is 46.5 cm³/mol. The van der Waals surface area contributed by atoms with Crippen molar-refractivity contribution < 1.29 is 50.0 Å². The Kier molecular flexibility index (Phi) is 11.0. The van der Waals surface area contributed by atoms with E-state index in [1.54, 1.807) is 0 Å². The van der Waals surface area contributed by atoms with Crippen molar-refractivity contribution in [2.75, 3.05) is 6.61 Å². The third kappa shape index (κ3) is 4.50. The van der Waals surface area contributed by atoms with Gasteiger partial charge in [0.15, 0.2) is 0 Å². The van der Waals surface area contributed by atoms with Crippen LogP contribution in [0.1, 0.15) is 26.7 Å². The molecule has 0 heterocycles. The molecule has 0 bridgehead atoms. The van der Waals surface area contributed by atoms with E-state index in [4.69, 9.17) is 4.74 Å². The van der Waals surface area contributed by atoms with Crippen molar-refractivity contribution in [2.24, 2.45) is 0 Å². The van der Waals surface area contributed by atoms with Crippen LogP contribution in [-0.2, 0) is 25.2 Å². The Balaban J connectivity index is 0. The van der Waals surface area contributed by atoms with Crippen LogP contribution in [0, 0.1) is 0 Å². The number of ether oxygens (including phenoxy) is 1. The molecule has 1 rings (SSSR count). The SMILES string of the molecule is CCOC(CC)C1=[C]([Ti+2])CC=C1.[Cl-].[Cl-]. The van der Waals surface area contributed by atoms with Crippen LogP contribution >= 0.6 is 0 Å². The number of hydrogen-bond donors (Lipinski definition) is 0. The van der Waals surface area contributed by atoms with Crippen LogP contribution in [0.4, 0.5) is 0 Å². The molecular formula is C10H15Cl2OTi. The first-order chi connectivity index (χ1) is 5.79. The number of rotatable bonds is 4. The molecular weight excluding hydrogens is 255 g/mol. The first-order valence-electron chi connectivity index (χ1n) is 4.52. The molecule has 0 fully saturated rings. The molecule has 0 spiro atoms. The molecule has 14 heavy (non-hydrogen) atoms. The summed E-state index contributed by atoms with van der Waals surface area (Å²) in [7, 11) is 0. The summed E-state index contributed by atoms with van der Waals surface area (Å²) in [5.74, 6) is 0. The van der Waals surface area contributed by atoms with Gasteiger partial charge in [-0.15, -0.1) is 0 Å². The molecule has 0 aliphatic heterocycles. The van der Waals surface area contributed by atoms with Crippen molar-refractivity contribution in [3.8, 4) is 0 Å². The maximum atomic E-state index is 5.64. The Morgan fingerprint density at radius 2 is 2.07 bits per heavy atom. The van der Waals surface area contributed by atoms with Crippen LogP contribution in [-0.4, -0.2) is 12.7 Å². The maximum absolute atomic E-state index is 5.64. The normalized spacial score (nSPS) is 16.3. The quantitative estimate of drug-likeness (QED) is 0.483. The first-order valence-corrected chi connectivity index (χ1v) is 5.30. The molecule has 0 saturated heterocycles. The smallest absolute Gasteiger partial charge is 1.00 e. The Morgan fingerprint density at radius 1 is 1.43 bits per heavy atom. The molecule has 0 aromatic rings. The zero-order valence-corrected chi connectivity index (χ0v) is 11.6. The second kappa shape index (κ2) is 9.00. The minimum Gasteiger partial charge on any atom is -1.00 e. The van der Waals surface area contributed by atoms with Gasteiger partial charge in [0.2, 0.25) is 0 Å². The molecule has 0 saturated carbocycles. The third-order valence-corrected chi connectivity index (χ3v) is 2.82. The van der Waals surface area contributed by atoms with Crippen molar-refractivity contribution in [3.63, 3.8) is 0 Å². The fourth-order valence-electron chi connectivity index (χ4n) is 1.45. The molecule has 4 heteroatoms. The minimum absolute atomic E-state index is 0. The molecule has 0 aromatic carbocycles. The van der Waals surface area contributed by atoms with Crippen molar-refractivity contribution in [2.45, 2.75) is 32.8 Å². The summed E-state index contributed by atoms with van der Waals surface area (Å²) in [6.45, 7) is 5.03. The number of hydrogen-bond acceptors (Lipinski definition) is 1. The van der Waals surface area contributed by atoms with Crippen molar-refractivity contribution in [1.29, 1.82) is 0 Å². The molecule has 1 aliphatic carbocycles. The first kappa shape index (κ1) is 17.1. The Hall–Kier alpha value is 0.734. The van der Waals surface area contributed by atoms with E-state index in [0.717, 1.165) is 19.4 Å². The van der Waals surface area contributed by atoms with E-state index in [-0.39, 0.29) is 24.8 Å². The van der Waals surface area contributed by atoms with Crippen LogP contribution < -0.4 is 24.8 Å². The minimum atomic E-state index is 0. The average Bonchev–Trinajstić information content (AvgIpc) is 2.47. The molecule has 1 nitrogen and oxygen atoms in total. The fraction of sp³-hybridized carbons (Fsp3) is 0.600. The Morgan fingerprint density at radius 3 is 2.43 bits per heavy atom. The summed E-state index contributed by atoms with van der Waals surface area (Å²) in [4.78, 5) is 0. The van der Waals surface area contributed by atoms with Crippen LogP contribution in [0.3, 0.4) is 0 Å². The van der Waals surface area contributed by atoms with Crippen LogP contribution in [0.2, 0.25) is 0 Å². The van der Waals surface area contributed by atoms with Gasteiger partial charge in [-0.3, -0.25) is 0 Å². The van der Waals surface area contributed by atoms with Crippen molar-refractivity contribution in [1.82, 2.24) is 0 Å². The van der Waals surface area contributed by atoms with Crippen LogP contribution in [0.15, 0.2) is 21.6 Å². The van der Waals surface area contributed by atoms with Gasteiger partial charge in [-0.25, -0.2) is 0 Å². The molecule has 1 aliphatic rings. The van der Waals surface area contributed by atoms with Gasteiger partial charge >= 0.3 is 86.2 Å². The number of allylic oxidation sites excluding steroid dienone is 2. The summed E-state index contributed by atoms with van der Waals surface area (Å²) < 4.78 is 7.10. The van der Waals surface area contributed by atoms with E-state index in [9.17, 15) is 0 Å². The molecule has 0 aromatic heterocycles. The molecule has 0 N–H and O–H groups in total. The van der Waals surface area contributed by atoms with Gasteiger partial charge in [0, 0.05) is 0 Å². The standard InChI is InChI=1S/C10H15O.2ClH.Ti/c1-3-10(11-4-2)9-7-5-6-8-9;;;/h5,7,10H,3-4,6H2,1-2H3;2*1H;/q;;;+2/p-2. The third-order valence-electron chi connectivity index (χ3n) is 2.05. The van der Waals surface area contributed by atoms with E-state index in [0.29, 0.717) is 6.10 Å². The summed E-state index contributed by atoms with van der Waals surface area (Å²) in [6, 6.07) is 0. The molecule has 0 amide bonds. The van der Waals surface area contributed by atoms with Gasteiger partial charge in [0.05, 0.1) is 0 Å². The van der Waals surface area contributed by atoms with E-state index >= 15 is 0 Å². The summed E-state index contributed by atoms with van der Waals surface area (Å²) in [5, 5.41) is 0. The fourth-order valence-corrected chi connectivity index (χ4v) is 2.02. The van der Waals surface area contributed by atoms with Gasteiger partial charge in [0.25, 0.3) is 0 Å². The molecule has 1 unspecified atom stereocenters. The van der Waals surface area contributed by atoms with Gasteiger partial charge in [-0.2, -0.15) is 0 Å². The van der Waals surface area contributed by atoms with Gasteiger partial charge in [-0.05, 0) is 0 Å². The Labute approximate surface area is 111 Å². The number of halogens is 2. The van der Waals surface area contributed by atoms with E-state index in [2.05, 4.69) is 46.4 Å². The van der Waals surface area contributed by atoms with Gasteiger partial charge in [-0.1, -0.05) is 0 Å². The largest absolute Gasteiger partial charge is 1.00 e. The Bertz CT molecular complexity index is 214. The summed E-state index contributed by atoms with van der Waals surface area (Å²) >= 11 is 2.19. The summed E-state index contributed by atoms with van der Waals surface area (Å²) in [6.07, 6.45) is 6.93. The van der Waals surface area contributed by atoms with Crippen LogP contribution in [0.25, 0.3) is 0 Å². The second-order valence-electron chi connectivity index (χ2n) is 2.89. The van der Waals surface area contributed by atoms with Crippen molar-refractivity contribution in [3.05, 3.63) is 21.6 Å². The molecule has 0 radical (unpaired) electrons. The van der Waals surface area contributed by atoms with Crippen molar-refractivity contribution >= 4 is 0 Å². The van der Waals surface area contributed by atoms with E-state index < -0.39 is 0 Å². The zero-order chi connectivity index (χ0) is 8.97. The van der Waals surface area contributed by atoms with Crippen LogP contribution in [0.5, 0.6) is 0 Å². The van der Waals surface area contributed by atoms with E-state index in [1.807, 2.05) is 0 Å². The second-order valence-corrected chi connectivity index (χ2v) is 3.84. The van der Waals surface area contributed by atoms with Gasteiger partial charge < -0.3 is 24.8 Å². The monoisotopic (exact) mass is 269 g/mol. The maximum Gasteiger partial charge on any atom is -1.00 e. The van der Waals surface area contributed by atoms with Gasteiger partial charge in [0.1, 0.15) is 0 Å². The molecule has 79 valence electrons.